The van der Waals surface area contributed by atoms with Crippen LogP contribution in [0.1, 0.15) is 199 Å². The second-order valence-electron chi connectivity index (χ2n) is 34.9. The molecule has 0 aromatic heterocycles. The number of rotatable bonds is 22. The first-order chi connectivity index (χ1) is 54.6. The van der Waals surface area contributed by atoms with Crippen molar-refractivity contribution in [1.29, 1.82) is 0 Å². The quantitative estimate of drug-likeness (QED) is 0.0499. The van der Waals surface area contributed by atoms with Crippen LogP contribution in [-0.4, -0.2) is 120 Å². The first-order valence-corrected chi connectivity index (χ1v) is 42.5. The standard InChI is InChI=1S/C56H60N4.C48H56N4.3CH4/c1-55(2)51(33-23-41-19-27-45(28-20-41)57-35-9-10-36-57)59(49-31-25-43-15-5-7-17-47(43)53(49)55)39-13-14-40-60-50-32-26-44-16-6-8-18-48(44)54(50)56(3,4)52(60)34-24-42-21-29-46(30-22-42)58-37-11-12-38-58;1-47(2)41-15-5-7-17-43(41)51(45(47)29-23-37-19-25-39(26-20-37)49-31-9-10-32-49)35-13-14-36-52-44-18-8-6-16-42(44)48(3,4)46(52)30-24-38-21-27-40(28-22-38)50-33-11-12-34-50;;;/h5-8,15-34H,9-14,35-40H2,1-4H3;5-8,15-30H,9-14,31-36H2,1-4H3;3*1H4/q2*+2;;;. The molecule has 8 heteroatoms. The third-order valence-corrected chi connectivity index (χ3v) is 26.3. The highest BCUT2D eigenvalue weighted by Gasteiger charge is 2.49. The summed E-state index contributed by atoms with van der Waals surface area (Å²) in [4.78, 5) is 10.0. The number of benzene rings is 10. The summed E-state index contributed by atoms with van der Waals surface area (Å²) < 4.78 is 10.5. The molecule has 0 spiro atoms. The monoisotopic (exact) mass is 1530 g/mol. The van der Waals surface area contributed by atoms with Gasteiger partial charge in [0.05, 0.1) is 21.7 Å². The summed E-state index contributed by atoms with van der Waals surface area (Å²) in [6.07, 6.45) is 33.7. The van der Waals surface area contributed by atoms with Gasteiger partial charge in [0.25, 0.3) is 0 Å². The first-order valence-electron chi connectivity index (χ1n) is 42.5. The topological polar surface area (TPSA) is 25.0 Å². The van der Waals surface area contributed by atoms with E-state index in [1.165, 1.54) is 238 Å². The van der Waals surface area contributed by atoms with Gasteiger partial charge in [0.15, 0.2) is 22.8 Å². The largest absolute Gasteiger partial charge is 0.372 e. The van der Waals surface area contributed by atoms with Gasteiger partial charge in [-0.15, -0.1) is 0 Å². The molecule has 8 aliphatic rings. The van der Waals surface area contributed by atoms with Crippen LogP contribution in [0.3, 0.4) is 0 Å². The van der Waals surface area contributed by atoms with Crippen molar-refractivity contribution in [2.75, 3.05) is 98.1 Å². The molecule has 115 heavy (non-hydrogen) atoms. The molecule has 8 nitrogen and oxygen atoms in total. The van der Waals surface area contributed by atoms with Gasteiger partial charge in [-0.3, -0.25) is 0 Å². The van der Waals surface area contributed by atoms with Crippen molar-refractivity contribution >= 4 is 114 Å². The van der Waals surface area contributed by atoms with Gasteiger partial charge in [-0.25, -0.2) is 0 Å². The van der Waals surface area contributed by atoms with Gasteiger partial charge in [0.1, 0.15) is 26.2 Å². The van der Waals surface area contributed by atoms with E-state index in [4.69, 9.17) is 0 Å². The van der Waals surface area contributed by atoms with Gasteiger partial charge in [-0.2, -0.15) is 18.3 Å². The fraction of sp³-hybridized carbons (Fsp3) is 0.364. The fourth-order valence-electron chi connectivity index (χ4n) is 20.2. The Morgan fingerprint density at radius 1 is 0.252 bits per heavy atom. The van der Waals surface area contributed by atoms with Gasteiger partial charge >= 0.3 is 0 Å². The molecule has 10 aromatic rings. The van der Waals surface area contributed by atoms with Crippen LogP contribution >= 0.6 is 0 Å². The van der Waals surface area contributed by atoms with Gasteiger partial charge in [0, 0.05) is 172 Å². The maximum absolute atomic E-state index is 2.64. The molecular formula is C107H128N8+4. The lowest BCUT2D eigenvalue weighted by atomic mass is 9.79. The summed E-state index contributed by atoms with van der Waals surface area (Å²) in [7, 11) is 0. The number of anilines is 4. The maximum Gasteiger partial charge on any atom is 0.210 e. The van der Waals surface area contributed by atoms with Crippen molar-refractivity contribution < 1.29 is 18.3 Å². The van der Waals surface area contributed by atoms with Crippen molar-refractivity contribution in [2.45, 2.75) is 176 Å². The second-order valence-corrected chi connectivity index (χ2v) is 34.9. The lowest BCUT2D eigenvalue weighted by Gasteiger charge is -2.18. The lowest BCUT2D eigenvalue weighted by molar-refractivity contribution is -0.451. The predicted octanol–water partition coefficient (Wildman–Crippen LogP) is 25.3. The van der Waals surface area contributed by atoms with Gasteiger partial charge < -0.3 is 19.6 Å². The average molecular weight is 1530 g/mol. The van der Waals surface area contributed by atoms with Crippen LogP contribution in [0.2, 0.25) is 0 Å². The predicted molar refractivity (Wildman–Crippen MR) is 498 cm³/mol. The number of allylic oxidation sites excluding steroid dienone is 4. The molecule has 10 aromatic carbocycles. The molecule has 0 radical (unpaired) electrons. The van der Waals surface area contributed by atoms with E-state index in [9.17, 15) is 0 Å². The highest BCUT2D eigenvalue weighted by Crippen LogP contribution is 2.48. The normalized spacial score (nSPS) is 18.2. The van der Waals surface area contributed by atoms with Crippen molar-refractivity contribution in [3.63, 3.8) is 0 Å². The summed E-state index contributed by atoms with van der Waals surface area (Å²) in [5.74, 6) is 0. The average Bonchev–Trinajstić information content (AvgIpc) is 1.54. The molecule has 592 valence electrons. The minimum absolute atomic E-state index is 0. The van der Waals surface area contributed by atoms with Crippen LogP contribution in [0, 0.1) is 0 Å². The number of unbranched alkanes of at least 4 members (excludes halogenated alkanes) is 2. The molecule has 18 rings (SSSR count). The Morgan fingerprint density at radius 3 is 0.783 bits per heavy atom. The van der Waals surface area contributed by atoms with Crippen molar-refractivity contribution in [2.24, 2.45) is 0 Å². The molecule has 0 saturated carbocycles. The third kappa shape index (κ3) is 16.1. The molecule has 4 saturated heterocycles. The first kappa shape index (κ1) is 81.1. The third-order valence-electron chi connectivity index (χ3n) is 26.3. The summed E-state index contributed by atoms with van der Waals surface area (Å²) in [5.41, 5.74) is 26.7. The summed E-state index contributed by atoms with van der Waals surface area (Å²) in [6.45, 7) is 32.6. The van der Waals surface area contributed by atoms with Crippen molar-refractivity contribution in [1.82, 2.24) is 0 Å². The van der Waals surface area contributed by atoms with E-state index in [0.29, 0.717) is 0 Å². The summed E-state index contributed by atoms with van der Waals surface area (Å²) in [6, 6.07) is 82.1. The minimum Gasteiger partial charge on any atom is -0.372 e. The molecular weight excluding hydrogens is 1400 g/mol. The number of fused-ring (bicyclic) bond motifs is 8. The highest BCUT2D eigenvalue weighted by atomic mass is 15.2. The Kier molecular flexibility index (Phi) is 24.4. The van der Waals surface area contributed by atoms with Crippen LogP contribution in [0.4, 0.5) is 45.5 Å². The fourth-order valence-corrected chi connectivity index (χ4v) is 20.2. The zero-order valence-corrected chi connectivity index (χ0v) is 68.0. The van der Waals surface area contributed by atoms with E-state index in [-0.39, 0.29) is 43.9 Å². The van der Waals surface area contributed by atoms with Crippen LogP contribution in [-0.2, 0) is 21.7 Å². The molecule has 8 aliphatic heterocycles. The maximum atomic E-state index is 2.64. The van der Waals surface area contributed by atoms with Crippen molar-refractivity contribution in [3.8, 4) is 0 Å². The Hall–Kier alpha value is -10.4. The molecule has 8 heterocycles. The van der Waals surface area contributed by atoms with Gasteiger partial charge in [0.2, 0.25) is 22.7 Å². The number of nitrogens with zero attached hydrogens (tertiary/aromatic N) is 8. The number of para-hydroxylation sites is 2. The lowest BCUT2D eigenvalue weighted by Crippen LogP contribution is -2.29. The SMILES string of the molecule is C.C.C.CC1(C)C(/C=C/c2ccc(N3CCCC3)cc2)=[N+](CCCC[N+]2=C(/C=C/c3ccc(N4CCCC4)cc3)C(C)(C)c3c2ccc2ccccc32)c2ccc3ccccc3c21.CC1(C)C(/C=C/c2ccc(N3CCCC3)cc2)=[N+](CCCC[N+]2=C(/C=C/c3ccc(N4CCCC4)cc3)C(C)(C)c3ccccc32)c2ccccc21. The van der Waals surface area contributed by atoms with E-state index in [0.717, 1.165) is 51.9 Å². The molecule has 0 atom stereocenters. The Morgan fingerprint density at radius 2 is 0.496 bits per heavy atom. The molecule has 0 amide bonds. The van der Waals surface area contributed by atoms with Crippen LogP contribution in [0.15, 0.2) is 243 Å². The molecule has 0 aliphatic carbocycles. The van der Waals surface area contributed by atoms with Crippen LogP contribution in [0.5, 0.6) is 0 Å². The van der Waals surface area contributed by atoms with Crippen molar-refractivity contribution in [3.05, 3.63) is 287 Å². The summed E-state index contributed by atoms with van der Waals surface area (Å²) in [5, 5.41) is 5.36. The number of hydrogen-bond acceptors (Lipinski definition) is 4. The zero-order chi connectivity index (χ0) is 76.6. The van der Waals surface area contributed by atoms with E-state index in [1.54, 1.807) is 0 Å². The van der Waals surface area contributed by atoms with Crippen LogP contribution < -0.4 is 19.6 Å². The molecule has 0 unspecified atom stereocenters. The second kappa shape index (κ2) is 34.6. The molecule has 4 fully saturated rings. The summed E-state index contributed by atoms with van der Waals surface area (Å²) >= 11 is 0. The van der Waals surface area contributed by atoms with E-state index in [1.807, 2.05) is 0 Å². The Balaban J connectivity index is 0.000000187. The molecule has 0 bridgehead atoms. The van der Waals surface area contributed by atoms with Crippen LogP contribution in [0.25, 0.3) is 45.8 Å². The smallest absolute Gasteiger partial charge is 0.210 e. The zero-order valence-electron chi connectivity index (χ0n) is 68.0. The van der Waals surface area contributed by atoms with Gasteiger partial charge in [-0.1, -0.05) is 156 Å². The van der Waals surface area contributed by atoms with Gasteiger partial charge in [-0.05, 0) is 236 Å². The van der Waals surface area contributed by atoms with E-state index >= 15 is 0 Å². The van der Waals surface area contributed by atoms with E-state index < -0.39 is 0 Å². The highest BCUT2D eigenvalue weighted by molar-refractivity contribution is 6.11. The number of hydrogen-bond donors (Lipinski definition) is 0. The minimum atomic E-state index is -0.139. The Labute approximate surface area is 689 Å². The Bertz CT molecular complexity index is 5060. The molecule has 0 N–H and O–H groups in total. The van der Waals surface area contributed by atoms with E-state index in [2.05, 4.69) is 360 Å².